The van der Waals surface area contributed by atoms with E-state index in [4.69, 9.17) is 9.15 Å². The average Bonchev–Trinajstić information content (AvgIpc) is 2.88. The maximum absolute atomic E-state index is 13.2. The fourth-order valence-corrected chi connectivity index (χ4v) is 3.53. The van der Waals surface area contributed by atoms with Crippen molar-refractivity contribution in [3.8, 4) is 5.75 Å². The summed E-state index contributed by atoms with van der Waals surface area (Å²) in [4.78, 5) is 27.5. The summed E-state index contributed by atoms with van der Waals surface area (Å²) in [6.07, 6.45) is 0. The fraction of sp³-hybridized carbons (Fsp3) is 0.238. The molecular formula is C21H19NO4. The molecule has 1 unspecified atom stereocenters. The highest BCUT2D eigenvalue weighted by molar-refractivity contribution is 5.98. The summed E-state index contributed by atoms with van der Waals surface area (Å²) in [7, 11) is 1.69. The minimum atomic E-state index is -0.487. The van der Waals surface area contributed by atoms with Crippen LogP contribution in [-0.2, 0) is 0 Å². The molecular weight excluding hydrogens is 330 g/mol. The van der Waals surface area contributed by atoms with Crippen molar-refractivity contribution in [2.45, 2.75) is 19.9 Å². The van der Waals surface area contributed by atoms with E-state index in [9.17, 15) is 9.59 Å². The zero-order valence-corrected chi connectivity index (χ0v) is 14.9. The number of rotatable bonds is 3. The Morgan fingerprint density at radius 2 is 1.96 bits per heavy atom. The number of fused-ring (bicyclic) bond motifs is 2. The molecule has 0 aliphatic carbocycles. The monoisotopic (exact) mass is 349 g/mol. The van der Waals surface area contributed by atoms with E-state index in [-0.39, 0.29) is 17.1 Å². The van der Waals surface area contributed by atoms with Gasteiger partial charge in [0.1, 0.15) is 11.3 Å². The molecule has 0 radical (unpaired) electrons. The zero-order valence-electron chi connectivity index (χ0n) is 14.9. The van der Waals surface area contributed by atoms with Crippen molar-refractivity contribution in [3.63, 3.8) is 0 Å². The standard InChI is InChI=1S/C21H19NO4/c1-4-25-14-7-5-6-13(11-14)18-17-19(23)15-10-12(2)8-9-16(15)26-20(17)21(24)22(18)3/h5-11,18H,4H2,1-3H3. The Balaban J connectivity index is 1.96. The van der Waals surface area contributed by atoms with Crippen LogP contribution < -0.4 is 10.2 Å². The Morgan fingerprint density at radius 1 is 1.15 bits per heavy atom. The molecule has 132 valence electrons. The highest BCUT2D eigenvalue weighted by Crippen LogP contribution is 2.37. The lowest BCUT2D eigenvalue weighted by atomic mass is 9.98. The second-order valence-electron chi connectivity index (χ2n) is 6.50. The number of nitrogens with zero attached hydrogens (tertiary/aromatic N) is 1. The number of benzene rings is 2. The Bertz CT molecular complexity index is 1080. The third-order valence-electron chi connectivity index (χ3n) is 4.74. The van der Waals surface area contributed by atoms with E-state index in [1.807, 2.05) is 44.2 Å². The summed E-state index contributed by atoms with van der Waals surface area (Å²) >= 11 is 0. The van der Waals surface area contributed by atoms with Crippen LogP contribution in [0.2, 0.25) is 0 Å². The Kier molecular flexibility index (Phi) is 3.80. The van der Waals surface area contributed by atoms with E-state index in [2.05, 4.69) is 0 Å². The van der Waals surface area contributed by atoms with E-state index < -0.39 is 6.04 Å². The van der Waals surface area contributed by atoms with Crippen molar-refractivity contribution in [1.29, 1.82) is 0 Å². The van der Waals surface area contributed by atoms with Crippen molar-refractivity contribution < 1.29 is 13.9 Å². The van der Waals surface area contributed by atoms with Gasteiger partial charge in [-0.15, -0.1) is 0 Å². The predicted octanol–water partition coefficient (Wildman–Crippen LogP) is 3.68. The third-order valence-corrected chi connectivity index (χ3v) is 4.74. The van der Waals surface area contributed by atoms with Crippen LogP contribution in [0.15, 0.2) is 51.7 Å². The lowest BCUT2D eigenvalue weighted by Crippen LogP contribution is -2.25. The van der Waals surface area contributed by atoms with Crippen molar-refractivity contribution in [2.24, 2.45) is 0 Å². The summed E-state index contributed by atoms with van der Waals surface area (Å²) in [6.45, 7) is 4.38. The first kappa shape index (κ1) is 16.4. The molecule has 26 heavy (non-hydrogen) atoms. The number of hydrogen-bond acceptors (Lipinski definition) is 4. The van der Waals surface area contributed by atoms with E-state index >= 15 is 0 Å². The van der Waals surface area contributed by atoms with E-state index in [1.165, 1.54) is 0 Å². The zero-order chi connectivity index (χ0) is 18.4. The minimum absolute atomic E-state index is 0.126. The van der Waals surface area contributed by atoms with Gasteiger partial charge in [-0.05, 0) is 43.7 Å². The largest absolute Gasteiger partial charge is 0.494 e. The highest BCUT2D eigenvalue weighted by atomic mass is 16.5. The van der Waals surface area contributed by atoms with Gasteiger partial charge in [0.25, 0.3) is 5.91 Å². The van der Waals surface area contributed by atoms with Gasteiger partial charge in [0.15, 0.2) is 5.43 Å². The number of carbonyl (C=O) groups excluding carboxylic acids is 1. The molecule has 0 saturated heterocycles. The molecule has 1 aromatic heterocycles. The number of ether oxygens (including phenoxy) is 1. The van der Waals surface area contributed by atoms with E-state index in [0.717, 1.165) is 11.1 Å². The maximum atomic E-state index is 13.2. The molecule has 0 spiro atoms. The molecule has 1 amide bonds. The molecule has 5 heteroatoms. The van der Waals surface area contributed by atoms with Crippen LogP contribution in [0.5, 0.6) is 5.75 Å². The summed E-state index contributed by atoms with van der Waals surface area (Å²) in [5.41, 5.74) is 2.46. The first-order chi connectivity index (χ1) is 12.5. The molecule has 2 aromatic carbocycles. The first-order valence-corrected chi connectivity index (χ1v) is 8.58. The van der Waals surface area contributed by atoms with Gasteiger partial charge in [-0.2, -0.15) is 0 Å². The maximum Gasteiger partial charge on any atom is 0.290 e. The number of amides is 1. The molecule has 0 saturated carbocycles. The van der Waals surface area contributed by atoms with E-state index in [0.29, 0.717) is 28.9 Å². The smallest absolute Gasteiger partial charge is 0.290 e. The summed E-state index contributed by atoms with van der Waals surface area (Å²) in [6, 6.07) is 12.4. The molecule has 1 atom stereocenters. The highest BCUT2D eigenvalue weighted by Gasteiger charge is 2.40. The van der Waals surface area contributed by atoms with Gasteiger partial charge >= 0.3 is 0 Å². The topological polar surface area (TPSA) is 59.8 Å². The van der Waals surface area contributed by atoms with Crippen molar-refractivity contribution in [3.05, 3.63) is 75.1 Å². The fourth-order valence-electron chi connectivity index (χ4n) is 3.53. The van der Waals surface area contributed by atoms with Gasteiger partial charge in [-0.3, -0.25) is 9.59 Å². The SMILES string of the molecule is CCOc1cccc(C2c3c(oc4ccc(C)cc4c3=O)C(=O)N2C)c1. The van der Waals surface area contributed by atoms with Gasteiger partial charge < -0.3 is 14.1 Å². The average molecular weight is 349 g/mol. The van der Waals surface area contributed by atoms with Crippen LogP contribution in [0.25, 0.3) is 11.0 Å². The third kappa shape index (κ3) is 2.39. The Hall–Kier alpha value is -3.08. The van der Waals surface area contributed by atoms with Crippen LogP contribution >= 0.6 is 0 Å². The minimum Gasteiger partial charge on any atom is -0.494 e. The van der Waals surface area contributed by atoms with Gasteiger partial charge in [0.2, 0.25) is 5.76 Å². The number of carbonyl (C=O) groups is 1. The molecule has 1 aliphatic heterocycles. The second kappa shape index (κ2) is 6.02. The molecule has 5 nitrogen and oxygen atoms in total. The molecule has 2 heterocycles. The summed E-state index contributed by atoms with van der Waals surface area (Å²) in [5, 5.41) is 0.498. The molecule has 4 rings (SSSR count). The predicted molar refractivity (Wildman–Crippen MR) is 98.8 cm³/mol. The Morgan fingerprint density at radius 3 is 2.73 bits per heavy atom. The van der Waals surface area contributed by atoms with E-state index in [1.54, 1.807) is 24.1 Å². The van der Waals surface area contributed by atoms with Crippen LogP contribution in [0.3, 0.4) is 0 Å². The van der Waals surface area contributed by atoms with Gasteiger partial charge in [-0.1, -0.05) is 23.8 Å². The molecule has 0 N–H and O–H groups in total. The van der Waals surface area contributed by atoms with Crippen molar-refractivity contribution >= 4 is 16.9 Å². The molecule has 1 aliphatic rings. The number of aryl methyl sites for hydroxylation is 1. The quantitative estimate of drug-likeness (QED) is 0.724. The summed E-state index contributed by atoms with van der Waals surface area (Å²) in [5.74, 6) is 0.548. The lowest BCUT2D eigenvalue weighted by Gasteiger charge is -2.20. The normalized spacial score (nSPS) is 16.2. The van der Waals surface area contributed by atoms with Crippen LogP contribution in [0.1, 0.15) is 40.2 Å². The van der Waals surface area contributed by atoms with Gasteiger partial charge in [0.05, 0.1) is 23.6 Å². The molecule has 0 bridgehead atoms. The van der Waals surface area contributed by atoms with Crippen LogP contribution in [0, 0.1) is 6.92 Å². The van der Waals surface area contributed by atoms with Gasteiger partial charge in [0, 0.05) is 7.05 Å². The second-order valence-corrected chi connectivity index (χ2v) is 6.50. The van der Waals surface area contributed by atoms with Crippen LogP contribution in [-0.4, -0.2) is 24.5 Å². The van der Waals surface area contributed by atoms with Crippen molar-refractivity contribution in [2.75, 3.05) is 13.7 Å². The summed E-state index contributed by atoms with van der Waals surface area (Å²) < 4.78 is 11.4. The first-order valence-electron chi connectivity index (χ1n) is 8.58. The van der Waals surface area contributed by atoms with Crippen molar-refractivity contribution in [1.82, 2.24) is 4.90 Å². The molecule has 0 fully saturated rings. The number of hydrogen-bond donors (Lipinski definition) is 0. The van der Waals surface area contributed by atoms with Crippen LogP contribution in [0.4, 0.5) is 0 Å². The molecule has 3 aromatic rings. The Labute approximate surface area is 150 Å². The van der Waals surface area contributed by atoms with Gasteiger partial charge in [-0.25, -0.2) is 0 Å². The lowest BCUT2D eigenvalue weighted by molar-refractivity contribution is 0.0771.